The van der Waals surface area contributed by atoms with Gasteiger partial charge in [-0.2, -0.15) is 0 Å². The highest BCUT2D eigenvalue weighted by atomic mass is 16.5. The molecule has 1 aliphatic heterocycles. The van der Waals surface area contributed by atoms with Gasteiger partial charge in [-0.15, -0.1) is 0 Å². The summed E-state index contributed by atoms with van der Waals surface area (Å²) in [5, 5.41) is 2.91. The van der Waals surface area contributed by atoms with E-state index in [4.69, 9.17) is 4.74 Å². The highest BCUT2D eigenvalue weighted by Gasteiger charge is 2.37. The van der Waals surface area contributed by atoms with Crippen LogP contribution in [-0.4, -0.2) is 31.6 Å². The molecule has 2 aromatic rings. The molecule has 5 nitrogen and oxygen atoms in total. The van der Waals surface area contributed by atoms with Crippen molar-refractivity contribution in [1.82, 2.24) is 0 Å². The molecule has 0 aromatic heterocycles. The summed E-state index contributed by atoms with van der Waals surface area (Å²) in [5.74, 6) is -0.375. The van der Waals surface area contributed by atoms with E-state index in [1.165, 1.54) is 12.7 Å². The van der Waals surface area contributed by atoms with Crippen LogP contribution in [0.25, 0.3) is 0 Å². The highest BCUT2D eigenvalue weighted by Crippen LogP contribution is 2.14. The summed E-state index contributed by atoms with van der Waals surface area (Å²) in [5.41, 5.74) is 4.24. The van der Waals surface area contributed by atoms with Gasteiger partial charge in [0.05, 0.1) is 7.11 Å². The lowest BCUT2D eigenvalue weighted by Gasteiger charge is -2.31. The van der Waals surface area contributed by atoms with Crippen LogP contribution in [0, 0.1) is 6.92 Å². The average Bonchev–Trinajstić information content (AvgIpc) is 2.62. The first kappa shape index (κ1) is 17.2. The van der Waals surface area contributed by atoms with Crippen molar-refractivity contribution in [2.75, 3.05) is 19.0 Å². The first-order chi connectivity index (χ1) is 12.1. The van der Waals surface area contributed by atoms with Crippen LogP contribution in [0.3, 0.4) is 0 Å². The number of methoxy groups -OCH3 is 1. The minimum Gasteiger partial charge on any atom is -0.465 e. The summed E-state index contributed by atoms with van der Waals surface area (Å²) in [7, 11) is 1.40. The van der Waals surface area contributed by atoms with Crippen LogP contribution in [0.1, 0.15) is 16.7 Å². The third kappa shape index (κ3) is 4.06. The molecule has 0 radical (unpaired) electrons. The van der Waals surface area contributed by atoms with Gasteiger partial charge >= 0.3 is 5.97 Å². The molecule has 2 aromatic carbocycles. The van der Waals surface area contributed by atoms with Crippen LogP contribution in [0.4, 0.5) is 5.69 Å². The second-order valence-electron chi connectivity index (χ2n) is 6.47. The first-order valence-corrected chi connectivity index (χ1v) is 8.42. The maximum Gasteiger partial charge on any atom is 0.365 e. The molecule has 5 heteroatoms. The van der Waals surface area contributed by atoms with Crippen LogP contribution in [0.15, 0.2) is 48.5 Å². The number of hydrogen-bond acceptors (Lipinski definition) is 3. The van der Waals surface area contributed by atoms with Crippen molar-refractivity contribution in [3.05, 3.63) is 65.2 Å². The van der Waals surface area contributed by atoms with Crippen molar-refractivity contribution in [3.63, 3.8) is 0 Å². The Bertz CT molecular complexity index is 771. The topological polar surface area (TPSA) is 59.8 Å². The van der Waals surface area contributed by atoms with E-state index in [1.807, 2.05) is 49.4 Å². The Hall–Kier alpha value is -2.66. The van der Waals surface area contributed by atoms with Crippen molar-refractivity contribution in [2.45, 2.75) is 25.9 Å². The van der Waals surface area contributed by atoms with Gasteiger partial charge in [0.15, 0.2) is 12.6 Å². The van der Waals surface area contributed by atoms with Crippen molar-refractivity contribution in [3.8, 4) is 0 Å². The minimum atomic E-state index is -0.358. The number of carbonyl (C=O) groups excluding carboxylic acids is 2. The standard InChI is InChI=1S/C20H22N2O3/c1-14-7-9-17(10-8-14)21-19(23)13-22-12-16-6-4-3-5-15(16)11-18(22)20(24)25-2/h3-10,18H,11-13H2,1-2H3,(H,21,23)/p+1/t18-/m1/s1. The summed E-state index contributed by atoms with van der Waals surface area (Å²) in [6.45, 7) is 2.86. The molecular formula is C20H23N2O3+. The maximum absolute atomic E-state index is 12.5. The first-order valence-electron chi connectivity index (χ1n) is 8.42. The summed E-state index contributed by atoms with van der Waals surface area (Å²) in [4.78, 5) is 25.6. The Morgan fingerprint density at radius 2 is 1.80 bits per heavy atom. The largest absolute Gasteiger partial charge is 0.465 e. The van der Waals surface area contributed by atoms with Crippen LogP contribution in [-0.2, 0) is 27.3 Å². The second kappa shape index (κ2) is 7.49. The summed E-state index contributed by atoms with van der Waals surface area (Å²) in [6, 6.07) is 15.4. The Labute approximate surface area is 147 Å². The molecule has 2 N–H and O–H groups in total. The Kier molecular flexibility index (Phi) is 5.14. The molecule has 130 valence electrons. The number of aryl methyl sites for hydroxylation is 1. The SMILES string of the molecule is COC(=O)[C@H]1Cc2ccccc2C[NH+]1CC(=O)Nc1ccc(C)cc1. The molecule has 0 spiro atoms. The fourth-order valence-corrected chi connectivity index (χ4v) is 3.29. The van der Waals surface area contributed by atoms with E-state index < -0.39 is 0 Å². The normalized spacial score (nSPS) is 19.0. The molecule has 1 amide bonds. The van der Waals surface area contributed by atoms with Crippen LogP contribution in [0.2, 0.25) is 0 Å². The van der Waals surface area contributed by atoms with Gasteiger partial charge in [0.1, 0.15) is 6.54 Å². The summed E-state index contributed by atoms with van der Waals surface area (Å²) in [6.07, 6.45) is 0.593. The van der Waals surface area contributed by atoms with Gasteiger partial charge in [-0.05, 0) is 24.6 Å². The quantitative estimate of drug-likeness (QED) is 0.821. The van der Waals surface area contributed by atoms with Gasteiger partial charge in [-0.3, -0.25) is 4.79 Å². The van der Waals surface area contributed by atoms with Crippen molar-refractivity contribution in [1.29, 1.82) is 0 Å². The number of quaternary nitrogens is 1. The van der Waals surface area contributed by atoms with E-state index in [-0.39, 0.29) is 24.5 Å². The zero-order valence-electron chi connectivity index (χ0n) is 14.5. The molecule has 1 heterocycles. The number of ether oxygens (including phenoxy) is 1. The average molecular weight is 339 g/mol. The van der Waals surface area contributed by atoms with E-state index in [1.54, 1.807) is 0 Å². The molecule has 0 aliphatic carbocycles. The third-order valence-electron chi connectivity index (χ3n) is 4.66. The maximum atomic E-state index is 12.5. The number of nitrogens with one attached hydrogen (secondary N) is 2. The van der Waals surface area contributed by atoms with E-state index in [2.05, 4.69) is 11.4 Å². The number of anilines is 1. The molecule has 2 atom stereocenters. The molecular weight excluding hydrogens is 316 g/mol. The lowest BCUT2D eigenvalue weighted by atomic mass is 9.94. The molecule has 1 aliphatic rings. The fourth-order valence-electron chi connectivity index (χ4n) is 3.29. The predicted octanol–water partition coefficient (Wildman–Crippen LogP) is 1.12. The Balaban J connectivity index is 1.73. The molecule has 25 heavy (non-hydrogen) atoms. The van der Waals surface area contributed by atoms with E-state index >= 15 is 0 Å². The predicted molar refractivity (Wildman–Crippen MR) is 95.3 cm³/mol. The van der Waals surface area contributed by atoms with E-state index in [0.29, 0.717) is 13.0 Å². The van der Waals surface area contributed by atoms with Crippen LogP contribution >= 0.6 is 0 Å². The van der Waals surface area contributed by atoms with Gasteiger partial charge in [0, 0.05) is 17.7 Å². The highest BCUT2D eigenvalue weighted by molar-refractivity contribution is 5.91. The van der Waals surface area contributed by atoms with Crippen LogP contribution < -0.4 is 10.2 Å². The Morgan fingerprint density at radius 1 is 1.12 bits per heavy atom. The van der Waals surface area contributed by atoms with Gasteiger partial charge < -0.3 is 15.0 Å². The van der Waals surface area contributed by atoms with Crippen molar-refractivity contribution >= 4 is 17.6 Å². The lowest BCUT2D eigenvalue weighted by Crippen LogP contribution is -3.17. The van der Waals surface area contributed by atoms with Crippen molar-refractivity contribution < 1.29 is 19.2 Å². The van der Waals surface area contributed by atoms with Crippen molar-refractivity contribution in [2.24, 2.45) is 0 Å². The zero-order valence-corrected chi connectivity index (χ0v) is 14.5. The number of benzene rings is 2. The molecule has 0 saturated heterocycles. The van der Waals surface area contributed by atoms with E-state index in [9.17, 15) is 9.59 Å². The molecule has 0 bridgehead atoms. The molecule has 0 fully saturated rings. The lowest BCUT2D eigenvalue weighted by molar-refractivity contribution is -0.924. The smallest absolute Gasteiger partial charge is 0.365 e. The zero-order chi connectivity index (χ0) is 17.8. The van der Waals surface area contributed by atoms with E-state index in [0.717, 1.165) is 21.7 Å². The monoisotopic (exact) mass is 339 g/mol. The number of carbonyl (C=O) groups is 2. The minimum absolute atomic E-state index is 0.105. The molecule has 0 saturated carbocycles. The van der Waals surface area contributed by atoms with Gasteiger partial charge in [0.2, 0.25) is 0 Å². The van der Waals surface area contributed by atoms with Gasteiger partial charge in [-0.25, -0.2) is 4.79 Å². The number of fused-ring (bicyclic) bond motifs is 1. The van der Waals surface area contributed by atoms with Crippen LogP contribution in [0.5, 0.6) is 0 Å². The molecule has 1 unspecified atom stereocenters. The second-order valence-corrected chi connectivity index (χ2v) is 6.47. The summed E-state index contributed by atoms with van der Waals surface area (Å²) >= 11 is 0. The fraction of sp³-hybridized carbons (Fsp3) is 0.300. The van der Waals surface area contributed by atoms with Gasteiger partial charge in [0.25, 0.3) is 5.91 Å². The number of hydrogen-bond donors (Lipinski definition) is 2. The number of amides is 1. The summed E-state index contributed by atoms with van der Waals surface area (Å²) < 4.78 is 4.96. The number of esters is 1. The third-order valence-corrected chi connectivity index (χ3v) is 4.66. The Morgan fingerprint density at radius 3 is 2.48 bits per heavy atom. The molecule has 3 rings (SSSR count). The van der Waals surface area contributed by atoms with Gasteiger partial charge in [-0.1, -0.05) is 42.0 Å². The number of rotatable bonds is 4.